The van der Waals surface area contributed by atoms with Crippen LogP contribution in [0, 0.1) is 0 Å². The fraction of sp³-hybridized carbons (Fsp3) is 0.438. The van der Waals surface area contributed by atoms with Gasteiger partial charge in [-0.15, -0.1) is 0 Å². The molecule has 0 spiro atoms. The van der Waals surface area contributed by atoms with Gasteiger partial charge in [0.25, 0.3) is 5.91 Å². The highest BCUT2D eigenvalue weighted by Gasteiger charge is 2.26. The standard InChI is InChI=1S/C16H20N4O4S/c21-15-8-7-14(18-19-15)16(22)17-11-12-3-5-13(6-4-12)25(23,24)20-9-1-2-10-20/h3-6H,1-2,7-11H2,(H,17,22)(H,19,21). The fourth-order valence-corrected chi connectivity index (χ4v) is 4.30. The molecular formula is C16H20N4O4S. The third kappa shape index (κ3) is 4.05. The first-order valence-electron chi connectivity index (χ1n) is 8.19. The van der Waals surface area contributed by atoms with Crippen molar-refractivity contribution in [3.8, 4) is 0 Å². The van der Waals surface area contributed by atoms with Gasteiger partial charge in [0.1, 0.15) is 5.71 Å². The van der Waals surface area contributed by atoms with Crippen molar-refractivity contribution in [2.24, 2.45) is 5.10 Å². The third-order valence-corrected chi connectivity index (χ3v) is 6.16. The summed E-state index contributed by atoms with van der Waals surface area (Å²) in [4.78, 5) is 23.3. The van der Waals surface area contributed by atoms with Gasteiger partial charge in [0.15, 0.2) is 0 Å². The van der Waals surface area contributed by atoms with Gasteiger partial charge in [-0.1, -0.05) is 12.1 Å². The van der Waals surface area contributed by atoms with Crippen molar-refractivity contribution >= 4 is 27.5 Å². The summed E-state index contributed by atoms with van der Waals surface area (Å²) in [5, 5.41) is 6.45. The van der Waals surface area contributed by atoms with Crippen molar-refractivity contribution in [2.45, 2.75) is 37.1 Å². The number of amides is 2. The second-order valence-corrected chi connectivity index (χ2v) is 7.97. The lowest BCUT2D eigenvalue weighted by atomic mass is 10.1. The van der Waals surface area contributed by atoms with E-state index in [1.165, 1.54) is 4.31 Å². The summed E-state index contributed by atoms with van der Waals surface area (Å²) in [6, 6.07) is 6.50. The van der Waals surface area contributed by atoms with Crippen LogP contribution in [0.15, 0.2) is 34.3 Å². The van der Waals surface area contributed by atoms with E-state index in [4.69, 9.17) is 0 Å². The molecule has 3 rings (SSSR count). The second-order valence-electron chi connectivity index (χ2n) is 6.03. The molecule has 2 aliphatic rings. The third-order valence-electron chi connectivity index (χ3n) is 4.25. The zero-order valence-electron chi connectivity index (χ0n) is 13.7. The van der Waals surface area contributed by atoms with Crippen molar-refractivity contribution in [3.05, 3.63) is 29.8 Å². The Morgan fingerprint density at radius 2 is 1.84 bits per heavy atom. The second kappa shape index (κ2) is 7.32. The maximum Gasteiger partial charge on any atom is 0.267 e. The highest BCUT2D eigenvalue weighted by Crippen LogP contribution is 2.21. The Balaban J connectivity index is 1.59. The minimum absolute atomic E-state index is 0.202. The quantitative estimate of drug-likeness (QED) is 0.786. The first kappa shape index (κ1) is 17.6. The van der Waals surface area contributed by atoms with Gasteiger partial charge in [-0.05, 0) is 30.5 Å². The van der Waals surface area contributed by atoms with Crippen LogP contribution in [0.25, 0.3) is 0 Å². The number of nitrogens with zero attached hydrogens (tertiary/aromatic N) is 2. The van der Waals surface area contributed by atoms with Gasteiger partial charge in [-0.25, -0.2) is 13.8 Å². The first-order valence-corrected chi connectivity index (χ1v) is 9.63. The molecule has 2 amide bonds. The zero-order valence-corrected chi connectivity index (χ0v) is 14.5. The predicted octanol–water partition coefficient (Wildman–Crippen LogP) is 0.353. The number of carbonyl (C=O) groups is 2. The molecule has 134 valence electrons. The lowest BCUT2D eigenvalue weighted by molar-refractivity contribution is -0.121. The zero-order chi connectivity index (χ0) is 17.9. The van der Waals surface area contributed by atoms with Crippen LogP contribution in [0.4, 0.5) is 0 Å². The Hall–Kier alpha value is -2.26. The molecule has 1 saturated heterocycles. The van der Waals surface area contributed by atoms with Gasteiger partial charge in [-0.2, -0.15) is 9.41 Å². The monoisotopic (exact) mass is 364 g/mol. The molecule has 1 fully saturated rings. The molecule has 2 N–H and O–H groups in total. The summed E-state index contributed by atoms with van der Waals surface area (Å²) in [6.07, 6.45) is 2.35. The van der Waals surface area contributed by atoms with Gasteiger partial charge in [0.05, 0.1) is 4.90 Å². The van der Waals surface area contributed by atoms with Crippen molar-refractivity contribution in [2.75, 3.05) is 13.1 Å². The number of sulfonamides is 1. The number of carbonyl (C=O) groups excluding carboxylic acids is 2. The smallest absolute Gasteiger partial charge is 0.267 e. The van der Waals surface area contributed by atoms with Crippen LogP contribution in [0.3, 0.4) is 0 Å². The highest BCUT2D eigenvalue weighted by molar-refractivity contribution is 7.89. The summed E-state index contributed by atoms with van der Waals surface area (Å²) in [5.74, 6) is -0.542. The number of nitrogens with one attached hydrogen (secondary N) is 2. The summed E-state index contributed by atoms with van der Waals surface area (Å²) in [7, 11) is -3.42. The minimum Gasteiger partial charge on any atom is -0.347 e. The number of benzene rings is 1. The van der Waals surface area contributed by atoms with Gasteiger partial charge in [0.2, 0.25) is 15.9 Å². The molecule has 8 nitrogen and oxygen atoms in total. The van der Waals surface area contributed by atoms with Gasteiger partial charge in [0, 0.05) is 32.5 Å². The molecule has 0 atom stereocenters. The molecule has 2 aliphatic heterocycles. The van der Waals surface area contributed by atoms with Crippen LogP contribution in [0.5, 0.6) is 0 Å². The molecule has 0 saturated carbocycles. The number of rotatable bonds is 5. The maximum atomic E-state index is 12.5. The fourth-order valence-electron chi connectivity index (χ4n) is 2.78. The van der Waals surface area contributed by atoms with Gasteiger partial charge >= 0.3 is 0 Å². The van der Waals surface area contributed by atoms with E-state index in [-0.39, 0.29) is 35.4 Å². The number of hydrogen-bond donors (Lipinski definition) is 2. The average Bonchev–Trinajstić information content (AvgIpc) is 3.16. The number of hydrogen-bond acceptors (Lipinski definition) is 5. The van der Waals surface area contributed by atoms with Crippen molar-refractivity contribution in [1.29, 1.82) is 0 Å². The summed E-state index contributed by atoms with van der Waals surface area (Å²) < 4.78 is 26.4. The van der Waals surface area contributed by atoms with Crippen LogP contribution < -0.4 is 10.7 Å². The molecule has 2 heterocycles. The van der Waals surface area contributed by atoms with E-state index in [2.05, 4.69) is 15.8 Å². The highest BCUT2D eigenvalue weighted by atomic mass is 32.2. The molecule has 0 unspecified atom stereocenters. The summed E-state index contributed by atoms with van der Waals surface area (Å²) >= 11 is 0. The van der Waals surface area contributed by atoms with Crippen LogP contribution in [-0.4, -0.2) is 43.3 Å². The van der Waals surface area contributed by atoms with E-state index in [9.17, 15) is 18.0 Å². The van der Waals surface area contributed by atoms with Crippen LogP contribution in [-0.2, 0) is 26.2 Å². The molecule has 1 aromatic rings. The molecule has 0 bridgehead atoms. The Morgan fingerprint density at radius 3 is 2.44 bits per heavy atom. The van der Waals surface area contributed by atoms with Crippen molar-refractivity contribution < 1.29 is 18.0 Å². The minimum atomic E-state index is -3.42. The van der Waals surface area contributed by atoms with Crippen molar-refractivity contribution in [3.63, 3.8) is 0 Å². The molecule has 25 heavy (non-hydrogen) atoms. The SMILES string of the molecule is O=C1CCC(C(=O)NCc2ccc(S(=O)(=O)N3CCCC3)cc2)=NN1. The Morgan fingerprint density at radius 1 is 1.16 bits per heavy atom. The van der Waals surface area contributed by atoms with E-state index >= 15 is 0 Å². The lowest BCUT2D eigenvalue weighted by Crippen LogP contribution is -2.36. The van der Waals surface area contributed by atoms with E-state index in [1.807, 2.05) is 0 Å². The van der Waals surface area contributed by atoms with Gasteiger partial charge in [-0.3, -0.25) is 9.59 Å². The summed E-state index contributed by atoms with van der Waals surface area (Å²) in [5.41, 5.74) is 3.35. The van der Waals surface area contributed by atoms with Crippen LogP contribution >= 0.6 is 0 Å². The lowest BCUT2D eigenvalue weighted by Gasteiger charge is -2.16. The Bertz CT molecular complexity index is 796. The van der Waals surface area contributed by atoms with E-state index in [0.717, 1.165) is 18.4 Å². The van der Waals surface area contributed by atoms with E-state index in [0.29, 0.717) is 19.5 Å². The largest absolute Gasteiger partial charge is 0.347 e. The maximum absolute atomic E-state index is 12.5. The van der Waals surface area contributed by atoms with E-state index < -0.39 is 10.0 Å². The number of hydrazone groups is 1. The molecule has 0 radical (unpaired) electrons. The predicted molar refractivity (Wildman–Crippen MR) is 91.1 cm³/mol. The topological polar surface area (TPSA) is 108 Å². The normalized spacial score (nSPS) is 18.6. The summed E-state index contributed by atoms with van der Waals surface area (Å²) in [6.45, 7) is 1.40. The molecule has 1 aromatic carbocycles. The van der Waals surface area contributed by atoms with Crippen LogP contribution in [0.1, 0.15) is 31.2 Å². The van der Waals surface area contributed by atoms with Crippen LogP contribution in [0.2, 0.25) is 0 Å². The molecule has 0 aromatic heterocycles. The van der Waals surface area contributed by atoms with E-state index in [1.54, 1.807) is 24.3 Å². The van der Waals surface area contributed by atoms with Crippen molar-refractivity contribution in [1.82, 2.24) is 15.0 Å². The molecule has 9 heteroatoms. The Labute approximate surface area is 146 Å². The van der Waals surface area contributed by atoms with Gasteiger partial charge < -0.3 is 5.32 Å². The molecular weight excluding hydrogens is 344 g/mol. The Kier molecular flexibility index (Phi) is 5.14. The average molecular weight is 364 g/mol. The first-order chi connectivity index (χ1) is 12.0. The molecule has 0 aliphatic carbocycles.